The normalized spacial score (nSPS) is 9.31. The average molecular weight is 215 g/mol. The van der Waals surface area contributed by atoms with Crippen molar-refractivity contribution in [2.45, 2.75) is 6.92 Å². The molecule has 1 rings (SSSR count). The zero-order valence-electron chi connectivity index (χ0n) is 6.96. The van der Waals surface area contributed by atoms with Crippen molar-refractivity contribution < 1.29 is 4.79 Å². The molecule has 0 bridgehead atoms. The van der Waals surface area contributed by atoms with Crippen molar-refractivity contribution in [3.8, 4) is 0 Å². The first-order chi connectivity index (χ1) is 6.09. The van der Waals surface area contributed by atoms with E-state index in [0.717, 1.165) is 4.88 Å². The largest absolute Gasteiger partial charge is 0.375 e. The number of thiocarbonyl (C=S) groups is 1. The van der Waals surface area contributed by atoms with Crippen molar-refractivity contribution >= 4 is 34.6 Å². The van der Waals surface area contributed by atoms with Gasteiger partial charge in [-0.3, -0.25) is 15.6 Å². The lowest BCUT2D eigenvalue weighted by molar-refractivity contribution is 0.0948. The number of carbonyl (C=O) groups excluding carboxylic acids is 1. The molecule has 0 fully saturated rings. The third-order valence-electron chi connectivity index (χ3n) is 1.26. The zero-order chi connectivity index (χ0) is 9.84. The Hall–Kier alpha value is -1.14. The van der Waals surface area contributed by atoms with Crippen LogP contribution in [-0.4, -0.2) is 11.0 Å². The van der Waals surface area contributed by atoms with Crippen molar-refractivity contribution in [3.05, 3.63) is 21.9 Å². The Morgan fingerprint density at radius 3 is 2.69 bits per heavy atom. The van der Waals surface area contributed by atoms with Crippen molar-refractivity contribution in [1.82, 2.24) is 10.9 Å². The number of hydrazine groups is 1. The van der Waals surface area contributed by atoms with Crippen LogP contribution in [0.4, 0.5) is 0 Å². The molecular formula is C7H9N3OS2. The van der Waals surface area contributed by atoms with Crippen LogP contribution in [0, 0.1) is 6.92 Å². The molecule has 1 aromatic rings. The summed E-state index contributed by atoms with van der Waals surface area (Å²) in [5.74, 6) is -0.231. The summed E-state index contributed by atoms with van der Waals surface area (Å²) >= 11 is 5.94. The van der Waals surface area contributed by atoms with Gasteiger partial charge in [-0.15, -0.1) is 11.3 Å². The number of carbonyl (C=O) groups is 1. The van der Waals surface area contributed by atoms with Gasteiger partial charge in [-0.05, 0) is 31.3 Å². The Bertz CT molecular complexity index is 334. The molecule has 0 aliphatic heterocycles. The summed E-state index contributed by atoms with van der Waals surface area (Å²) in [6, 6.07) is 3.62. The second-order valence-electron chi connectivity index (χ2n) is 2.35. The summed E-state index contributed by atoms with van der Waals surface area (Å²) in [6.07, 6.45) is 0. The maximum absolute atomic E-state index is 11.3. The van der Waals surface area contributed by atoms with Gasteiger partial charge in [0.25, 0.3) is 5.91 Å². The van der Waals surface area contributed by atoms with E-state index >= 15 is 0 Å². The Morgan fingerprint density at radius 1 is 1.54 bits per heavy atom. The molecule has 1 heterocycles. The molecule has 0 atom stereocenters. The fraction of sp³-hybridized carbons (Fsp3) is 0.143. The lowest BCUT2D eigenvalue weighted by Crippen LogP contribution is -2.44. The van der Waals surface area contributed by atoms with Crippen LogP contribution < -0.4 is 16.6 Å². The molecule has 1 aromatic heterocycles. The van der Waals surface area contributed by atoms with Crippen LogP contribution in [0.5, 0.6) is 0 Å². The van der Waals surface area contributed by atoms with Crippen LogP contribution in [0.2, 0.25) is 0 Å². The molecule has 6 heteroatoms. The van der Waals surface area contributed by atoms with Gasteiger partial charge >= 0.3 is 0 Å². The maximum Gasteiger partial charge on any atom is 0.279 e. The first kappa shape index (κ1) is 9.94. The molecule has 0 unspecified atom stereocenters. The minimum absolute atomic E-state index is 0.0432. The summed E-state index contributed by atoms with van der Waals surface area (Å²) in [6.45, 7) is 1.93. The number of nitrogens with one attached hydrogen (secondary N) is 2. The summed E-state index contributed by atoms with van der Waals surface area (Å²) in [5, 5.41) is 0.0432. The Labute approximate surface area is 85.1 Å². The average Bonchev–Trinajstić information content (AvgIpc) is 2.47. The number of rotatable bonds is 1. The molecule has 0 radical (unpaired) electrons. The van der Waals surface area contributed by atoms with E-state index in [1.807, 2.05) is 13.0 Å². The quantitative estimate of drug-likeness (QED) is 0.472. The summed E-state index contributed by atoms with van der Waals surface area (Å²) in [5.41, 5.74) is 9.87. The number of hydrogen-bond acceptors (Lipinski definition) is 3. The Kier molecular flexibility index (Phi) is 3.21. The van der Waals surface area contributed by atoms with Gasteiger partial charge in [0.15, 0.2) is 5.11 Å². The molecule has 1 amide bonds. The lowest BCUT2D eigenvalue weighted by Gasteiger charge is -2.03. The topological polar surface area (TPSA) is 67.2 Å². The molecule has 0 aliphatic rings. The molecule has 0 aliphatic carbocycles. The van der Waals surface area contributed by atoms with Gasteiger partial charge in [0.05, 0.1) is 4.88 Å². The Morgan fingerprint density at radius 2 is 2.23 bits per heavy atom. The van der Waals surface area contributed by atoms with E-state index in [1.54, 1.807) is 6.07 Å². The molecule has 70 valence electrons. The van der Waals surface area contributed by atoms with Gasteiger partial charge in [-0.2, -0.15) is 0 Å². The van der Waals surface area contributed by atoms with Crippen molar-refractivity contribution in [2.24, 2.45) is 5.73 Å². The van der Waals surface area contributed by atoms with Gasteiger partial charge in [-0.25, -0.2) is 0 Å². The van der Waals surface area contributed by atoms with Crippen molar-refractivity contribution in [1.29, 1.82) is 0 Å². The van der Waals surface area contributed by atoms with E-state index < -0.39 is 0 Å². The van der Waals surface area contributed by atoms with Crippen LogP contribution in [0.3, 0.4) is 0 Å². The molecule has 4 N–H and O–H groups in total. The number of amides is 1. The fourth-order valence-electron chi connectivity index (χ4n) is 0.737. The predicted octanol–water partition coefficient (Wildman–Crippen LogP) is 0.535. The van der Waals surface area contributed by atoms with Gasteiger partial charge in [0.1, 0.15) is 0 Å². The minimum atomic E-state index is -0.231. The van der Waals surface area contributed by atoms with Crippen LogP contribution in [-0.2, 0) is 0 Å². The zero-order valence-corrected chi connectivity index (χ0v) is 8.59. The van der Waals surface area contributed by atoms with Crippen molar-refractivity contribution in [2.75, 3.05) is 0 Å². The van der Waals surface area contributed by atoms with Crippen LogP contribution in [0.25, 0.3) is 0 Å². The Balaban J connectivity index is 2.54. The molecule has 0 aromatic carbocycles. The summed E-state index contributed by atoms with van der Waals surface area (Å²) < 4.78 is 0. The minimum Gasteiger partial charge on any atom is -0.375 e. The third-order valence-corrected chi connectivity index (χ3v) is 2.36. The van der Waals surface area contributed by atoms with Crippen LogP contribution in [0.15, 0.2) is 12.1 Å². The number of thiophene rings is 1. The van der Waals surface area contributed by atoms with Crippen LogP contribution in [0.1, 0.15) is 14.5 Å². The smallest absolute Gasteiger partial charge is 0.279 e. The molecule has 4 nitrogen and oxygen atoms in total. The highest BCUT2D eigenvalue weighted by Crippen LogP contribution is 2.14. The van der Waals surface area contributed by atoms with Gasteiger partial charge in [0.2, 0.25) is 0 Å². The van der Waals surface area contributed by atoms with E-state index in [-0.39, 0.29) is 11.0 Å². The van der Waals surface area contributed by atoms with E-state index in [9.17, 15) is 4.79 Å². The molecule has 0 spiro atoms. The standard InChI is InChI=1S/C7H9N3OS2/c1-4-2-3-5(13-4)6(11)9-10-7(8)12/h2-3H,1H3,(H,9,11)(H3,8,10,12). The third kappa shape index (κ3) is 3.00. The fourth-order valence-corrected chi connectivity index (χ4v) is 1.55. The van der Waals surface area contributed by atoms with Gasteiger partial charge < -0.3 is 5.73 Å². The number of aryl methyl sites for hydroxylation is 1. The second kappa shape index (κ2) is 4.20. The second-order valence-corrected chi connectivity index (χ2v) is 4.08. The van der Waals surface area contributed by atoms with E-state index in [1.165, 1.54) is 11.3 Å². The number of nitrogens with two attached hydrogens (primary N) is 1. The lowest BCUT2D eigenvalue weighted by atomic mass is 10.4. The first-order valence-electron chi connectivity index (χ1n) is 3.52. The molecular weight excluding hydrogens is 206 g/mol. The summed E-state index contributed by atoms with van der Waals surface area (Å²) in [7, 11) is 0. The van der Waals surface area contributed by atoms with Crippen molar-refractivity contribution in [3.63, 3.8) is 0 Å². The predicted molar refractivity (Wildman–Crippen MR) is 56.4 cm³/mol. The monoisotopic (exact) mass is 215 g/mol. The van der Waals surface area contributed by atoms with E-state index in [0.29, 0.717) is 4.88 Å². The highest BCUT2D eigenvalue weighted by Gasteiger charge is 2.06. The number of hydrogen-bond donors (Lipinski definition) is 3. The highest BCUT2D eigenvalue weighted by molar-refractivity contribution is 7.80. The van der Waals surface area contributed by atoms with Gasteiger partial charge in [-0.1, -0.05) is 0 Å². The van der Waals surface area contributed by atoms with Gasteiger partial charge in [0, 0.05) is 4.88 Å². The first-order valence-corrected chi connectivity index (χ1v) is 4.74. The van der Waals surface area contributed by atoms with E-state index in [2.05, 4.69) is 23.1 Å². The molecule has 0 saturated carbocycles. The van der Waals surface area contributed by atoms with E-state index in [4.69, 9.17) is 5.73 Å². The SMILES string of the molecule is Cc1ccc(C(=O)NNC(N)=S)s1. The maximum atomic E-state index is 11.3. The van der Waals surface area contributed by atoms with Crippen LogP contribution >= 0.6 is 23.6 Å². The molecule has 0 saturated heterocycles. The highest BCUT2D eigenvalue weighted by atomic mass is 32.1. The molecule has 13 heavy (non-hydrogen) atoms. The summed E-state index contributed by atoms with van der Waals surface area (Å²) in [4.78, 5) is 13.0.